The molecule has 2 aromatic heterocycles. The molecule has 0 aliphatic rings. The predicted molar refractivity (Wildman–Crippen MR) is 466 cm³/mol. The highest BCUT2D eigenvalue weighted by atomic mass is 32.2. The summed E-state index contributed by atoms with van der Waals surface area (Å²) in [6.45, 7) is 30.3. The molecular formula is C91H138N4O28S. The van der Waals surface area contributed by atoms with Crippen molar-refractivity contribution in [3.05, 3.63) is 168 Å². The third-order valence-electron chi connectivity index (χ3n) is 18.2. The van der Waals surface area contributed by atoms with Crippen LogP contribution in [0.25, 0.3) is 21.9 Å². The molecule has 124 heavy (non-hydrogen) atoms. The molecular weight excluding hydrogens is 1630 g/mol. The minimum absolute atomic E-state index is 0.0715. The molecule has 7 aromatic rings. The number of nitrogens with zero attached hydrogens (tertiary/aromatic N) is 3. The van der Waals surface area contributed by atoms with Crippen LogP contribution in [-0.2, 0) is 151 Å². The van der Waals surface area contributed by atoms with E-state index in [0.717, 1.165) is 50.0 Å². The van der Waals surface area contributed by atoms with Crippen LogP contribution in [0.1, 0.15) is 48.8 Å². The Kier molecular flexibility index (Phi) is 58.1. The number of pyridine rings is 1. The summed E-state index contributed by atoms with van der Waals surface area (Å²) in [6.07, 6.45) is 0. The maximum absolute atomic E-state index is 12.2. The van der Waals surface area contributed by atoms with Crippen LogP contribution in [0.5, 0.6) is 0 Å². The predicted octanol–water partition coefficient (Wildman–Crippen LogP) is 9.42. The Bertz CT molecular complexity index is 3710. The lowest BCUT2D eigenvalue weighted by Gasteiger charge is -2.37. The largest absolute Gasteiger partial charge is 0.377 e. The van der Waals surface area contributed by atoms with Crippen molar-refractivity contribution in [1.29, 1.82) is 0 Å². The van der Waals surface area contributed by atoms with E-state index in [4.69, 9.17) is 133 Å². The van der Waals surface area contributed by atoms with Crippen molar-refractivity contribution in [3.8, 4) is 0 Å². The highest BCUT2D eigenvalue weighted by Crippen LogP contribution is 2.42. The molecule has 0 atom stereocenters. The van der Waals surface area contributed by atoms with Crippen LogP contribution in [0, 0.1) is 6.92 Å². The van der Waals surface area contributed by atoms with Gasteiger partial charge in [0.05, 0.1) is 345 Å². The minimum Gasteiger partial charge on any atom is -0.377 e. The van der Waals surface area contributed by atoms with Gasteiger partial charge in [-0.2, -0.15) is 8.42 Å². The standard InChI is InChI=1S/C91H138N4O28S/c1-5-98-77-86-93-87-88(84-23-15-16-24-85(84)92-89(87)94-91(80-17-9-6-10-18-80,81-19-11-7-12-20-81)82-21-13-8-14-22-82)95(86)78-90(3,4)122-75-73-120-71-69-118-67-65-116-63-61-114-59-57-112-55-53-110-51-49-108-47-45-106-43-41-104-39-37-102-35-33-100-31-29-99-30-32-101-34-36-103-38-40-105-42-44-107-46-48-109-50-52-111-54-56-113-58-60-115-62-64-117-66-68-119-70-72-121-74-76-123-124(96,97)83-27-25-79(2)26-28-83/h6-28H,5,29-78H2,1-4H3,(H,92,94). The van der Waals surface area contributed by atoms with Crippen molar-refractivity contribution in [2.24, 2.45) is 0 Å². The van der Waals surface area contributed by atoms with Gasteiger partial charge in [0.15, 0.2) is 5.82 Å². The molecule has 0 amide bonds. The molecule has 0 radical (unpaired) electrons. The first kappa shape index (κ1) is 105. The van der Waals surface area contributed by atoms with Gasteiger partial charge in [0.1, 0.15) is 23.5 Å². The van der Waals surface area contributed by atoms with E-state index in [2.05, 4.69) is 109 Å². The molecule has 5 aromatic carbocycles. The van der Waals surface area contributed by atoms with Crippen LogP contribution in [0.4, 0.5) is 5.82 Å². The summed E-state index contributed by atoms with van der Waals surface area (Å²) in [5.74, 6) is 1.44. The molecule has 0 fully saturated rings. The molecule has 32 nitrogen and oxygen atoms in total. The second-order valence-corrected chi connectivity index (χ2v) is 29.8. The zero-order valence-corrected chi connectivity index (χ0v) is 74.3. The molecule has 33 heteroatoms. The van der Waals surface area contributed by atoms with E-state index in [1.165, 1.54) is 12.1 Å². The van der Waals surface area contributed by atoms with E-state index in [1.54, 1.807) is 12.1 Å². The smallest absolute Gasteiger partial charge is 0.297 e. The fourth-order valence-corrected chi connectivity index (χ4v) is 13.0. The number of para-hydroxylation sites is 1. The summed E-state index contributed by atoms with van der Waals surface area (Å²) in [4.78, 5) is 10.8. The molecule has 0 spiro atoms. The molecule has 0 saturated carbocycles. The number of anilines is 1. The number of hydrogen-bond donors (Lipinski definition) is 1. The number of aryl methyl sites for hydroxylation is 1. The van der Waals surface area contributed by atoms with Gasteiger partial charge in [-0.15, -0.1) is 0 Å². The lowest BCUT2D eigenvalue weighted by molar-refractivity contribution is -0.0621. The highest BCUT2D eigenvalue weighted by Gasteiger charge is 2.38. The first-order chi connectivity index (χ1) is 61.1. The number of rotatable bonds is 85. The van der Waals surface area contributed by atoms with Crippen LogP contribution in [0.2, 0.25) is 0 Å². The lowest BCUT2D eigenvalue weighted by atomic mass is 9.77. The molecule has 2 heterocycles. The average Bonchev–Trinajstić information content (AvgIpc) is 1.34. The molecule has 7 rings (SSSR count). The molecule has 0 aliphatic heterocycles. The molecule has 0 unspecified atom stereocenters. The van der Waals surface area contributed by atoms with Gasteiger partial charge in [-0.05, 0) is 62.6 Å². The lowest BCUT2D eigenvalue weighted by Crippen LogP contribution is -2.38. The Hall–Kier alpha value is -6.31. The first-order valence-corrected chi connectivity index (χ1v) is 44.7. The fraction of sp³-hybridized carbons (Fsp3) is 0.626. The summed E-state index contributed by atoms with van der Waals surface area (Å²) < 4.78 is 172. The zero-order valence-electron chi connectivity index (χ0n) is 73.5. The highest BCUT2D eigenvalue weighted by molar-refractivity contribution is 7.86. The van der Waals surface area contributed by atoms with Crippen molar-refractivity contribution < 1.29 is 131 Å². The van der Waals surface area contributed by atoms with Gasteiger partial charge < -0.3 is 128 Å². The van der Waals surface area contributed by atoms with Crippen LogP contribution in [0.3, 0.4) is 0 Å². The number of benzene rings is 5. The minimum atomic E-state index is -3.80. The zero-order chi connectivity index (χ0) is 87.3. The molecule has 1 N–H and O–H groups in total. The van der Waals surface area contributed by atoms with E-state index in [9.17, 15) is 8.42 Å². The van der Waals surface area contributed by atoms with E-state index >= 15 is 0 Å². The normalized spacial score (nSPS) is 12.2. The van der Waals surface area contributed by atoms with Crippen molar-refractivity contribution in [2.45, 2.75) is 56.9 Å². The van der Waals surface area contributed by atoms with Gasteiger partial charge in [-0.3, -0.25) is 4.18 Å². The SMILES string of the molecule is CCOCc1nc2c(NC(c3ccccc3)(c3ccccc3)c3ccccc3)nc3ccccc3c2n1CC(C)(C)OCCOCCOCCOCCOCCOCCOCCOCCOCCOCCOCCOCCOCCOCCOCCOCCOCCOCCOCCOCCOCCOCCOCCOCCOS(=O)(=O)c1ccc(C)cc1. The van der Waals surface area contributed by atoms with Gasteiger partial charge >= 0.3 is 0 Å². The monoisotopic (exact) mass is 1770 g/mol. The van der Waals surface area contributed by atoms with E-state index in [1.807, 2.05) is 44.2 Å². The van der Waals surface area contributed by atoms with E-state index in [-0.39, 0.29) is 18.1 Å². The number of hydrogen-bond acceptors (Lipinski definition) is 31. The number of imidazole rings is 1. The van der Waals surface area contributed by atoms with Crippen LogP contribution in [-0.4, -0.2) is 352 Å². The quantitative estimate of drug-likeness (QED) is 0.0211. The Morgan fingerprint density at radius 2 is 0.581 bits per heavy atom. The Morgan fingerprint density at radius 3 is 0.871 bits per heavy atom. The second kappa shape index (κ2) is 68.8. The van der Waals surface area contributed by atoms with Crippen molar-refractivity contribution in [3.63, 3.8) is 0 Å². The number of aromatic nitrogens is 3. The maximum Gasteiger partial charge on any atom is 0.297 e. The summed E-state index contributed by atoms with van der Waals surface area (Å²) in [6, 6.07) is 46.3. The van der Waals surface area contributed by atoms with E-state index < -0.39 is 21.3 Å². The summed E-state index contributed by atoms with van der Waals surface area (Å²) in [7, 11) is -3.80. The Morgan fingerprint density at radius 1 is 0.315 bits per heavy atom. The molecule has 0 aliphatic carbocycles. The summed E-state index contributed by atoms with van der Waals surface area (Å²) >= 11 is 0. The number of fused-ring (bicyclic) bond motifs is 3. The third-order valence-corrected chi connectivity index (χ3v) is 19.6. The molecule has 0 bridgehead atoms. The maximum atomic E-state index is 12.2. The second-order valence-electron chi connectivity index (χ2n) is 28.2. The number of nitrogens with one attached hydrogen (secondary N) is 1. The van der Waals surface area contributed by atoms with Crippen molar-refractivity contribution >= 4 is 37.9 Å². The van der Waals surface area contributed by atoms with Crippen LogP contribution >= 0.6 is 0 Å². The third kappa shape index (κ3) is 45.6. The van der Waals surface area contributed by atoms with Crippen LogP contribution in [0.15, 0.2) is 144 Å². The van der Waals surface area contributed by atoms with Crippen molar-refractivity contribution in [1.82, 2.24) is 14.5 Å². The van der Waals surface area contributed by atoms with Gasteiger partial charge in [0.25, 0.3) is 10.1 Å². The van der Waals surface area contributed by atoms with Gasteiger partial charge in [0.2, 0.25) is 0 Å². The van der Waals surface area contributed by atoms with Gasteiger partial charge in [-0.25, -0.2) is 9.97 Å². The first-order valence-electron chi connectivity index (χ1n) is 43.3. The van der Waals surface area contributed by atoms with E-state index in [0.29, 0.717) is 329 Å². The average molecular weight is 1770 g/mol. The van der Waals surface area contributed by atoms with Crippen molar-refractivity contribution in [2.75, 3.05) is 329 Å². The fourth-order valence-electron chi connectivity index (χ4n) is 12.1. The molecule has 696 valence electrons. The number of ether oxygens (including phenoxy) is 25. The topological polar surface area (TPSA) is 317 Å². The summed E-state index contributed by atoms with van der Waals surface area (Å²) in [5, 5.41) is 5.01. The molecule has 0 saturated heterocycles. The Balaban J connectivity index is 0.527. The van der Waals surface area contributed by atoms with Gasteiger partial charge in [0, 0.05) is 12.0 Å². The summed E-state index contributed by atoms with van der Waals surface area (Å²) in [5.41, 5.74) is 5.28. The van der Waals surface area contributed by atoms with Crippen LogP contribution < -0.4 is 5.32 Å². The Labute approximate surface area is 733 Å². The van der Waals surface area contributed by atoms with Gasteiger partial charge in [-0.1, -0.05) is 127 Å².